The van der Waals surface area contributed by atoms with Gasteiger partial charge in [0.25, 0.3) is 0 Å². The Balaban J connectivity index is 2.43. The highest BCUT2D eigenvalue weighted by Gasteiger charge is 2.21. The number of hydrogen-bond acceptors (Lipinski definition) is 2. The molecule has 1 heterocycles. The fraction of sp³-hybridized carbons (Fsp3) is 0.300. The molecular formula is C10H10FNOS. The highest BCUT2D eigenvalue weighted by atomic mass is 32.2. The van der Waals surface area contributed by atoms with Crippen LogP contribution in [0.5, 0.6) is 0 Å². The van der Waals surface area contributed by atoms with Crippen LogP contribution in [-0.4, -0.2) is 11.7 Å². The number of nitrogens with one attached hydrogen (secondary N) is 1. The standard InChI is InChI=1S/C10H10FNOS/c1-6-5-14-8-4-2-3-7(11)9(8)12-10(6)13/h2-4,6H,5H2,1H3,(H,12,13). The maximum atomic E-state index is 13.3. The van der Waals surface area contributed by atoms with Gasteiger partial charge in [-0.2, -0.15) is 0 Å². The van der Waals surface area contributed by atoms with Gasteiger partial charge < -0.3 is 5.32 Å². The van der Waals surface area contributed by atoms with Crippen molar-refractivity contribution in [3.63, 3.8) is 0 Å². The Bertz CT molecular complexity index is 380. The molecule has 1 N–H and O–H groups in total. The molecule has 1 aliphatic heterocycles. The second-order valence-corrected chi connectivity index (χ2v) is 4.38. The number of thioether (sulfide) groups is 1. The molecule has 0 fully saturated rings. The lowest BCUT2D eigenvalue weighted by Crippen LogP contribution is -2.20. The number of carbonyl (C=O) groups is 1. The summed E-state index contributed by atoms with van der Waals surface area (Å²) in [6.07, 6.45) is 0. The van der Waals surface area contributed by atoms with Crippen LogP contribution in [0.15, 0.2) is 23.1 Å². The average molecular weight is 211 g/mol. The molecule has 0 radical (unpaired) electrons. The molecule has 1 unspecified atom stereocenters. The van der Waals surface area contributed by atoms with Crippen LogP contribution in [0.25, 0.3) is 0 Å². The summed E-state index contributed by atoms with van der Waals surface area (Å²) in [4.78, 5) is 12.2. The number of hydrogen-bond donors (Lipinski definition) is 1. The lowest BCUT2D eigenvalue weighted by molar-refractivity contribution is -0.118. The van der Waals surface area contributed by atoms with Gasteiger partial charge in [-0.15, -0.1) is 11.8 Å². The Hall–Kier alpha value is -1.03. The number of anilines is 1. The van der Waals surface area contributed by atoms with Crippen molar-refractivity contribution in [1.29, 1.82) is 0 Å². The number of fused-ring (bicyclic) bond motifs is 1. The van der Waals surface area contributed by atoms with Gasteiger partial charge in [0.2, 0.25) is 5.91 Å². The van der Waals surface area contributed by atoms with E-state index >= 15 is 0 Å². The highest BCUT2D eigenvalue weighted by Crippen LogP contribution is 2.33. The molecule has 74 valence electrons. The fourth-order valence-corrected chi connectivity index (χ4v) is 2.33. The van der Waals surface area contributed by atoms with Crippen LogP contribution in [0.4, 0.5) is 10.1 Å². The Morgan fingerprint density at radius 1 is 1.57 bits per heavy atom. The van der Waals surface area contributed by atoms with Crippen LogP contribution in [0.2, 0.25) is 0 Å². The first kappa shape index (κ1) is 9.52. The van der Waals surface area contributed by atoms with Crippen molar-refractivity contribution < 1.29 is 9.18 Å². The average Bonchev–Trinajstić information content (AvgIpc) is 2.30. The normalized spacial score (nSPS) is 21.0. The van der Waals surface area contributed by atoms with Crippen LogP contribution in [-0.2, 0) is 4.79 Å². The second-order valence-electron chi connectivity index (χ2n) is 3.31. The molecule has 0 aromatic heterocycles. The number of benzene rings is 1. The minimum atomic E-state index is -0.363. The number of carbonyl (C=O) groups excluding carboxylic acids is 1. The molecular weight excluding hydrogens is 201 g/mol. The molecule has 0 aliphatic carbocycles. The van der Waals surface area contributed by atoms with E-state index in [4.69, 9.17) is 0 Å². The number of rotatable bonds is 0. The van der Waals surface area contributed by atoms with E-state index in [1.807, 2.05) is 13.0 Å². The van der Waals surface area contributed by atoms with Crippen molar-refractivity contribution in [2.24, 2.45) is 5.92 Å². The number of para-hydroxylation sites is 1. The second kappa shape index (κ2) is 3.61. The first-order valence-electron chi connectivity index (χ1n) is 4.40. The molecule has 1 aromatic rings. The summed E-state index contributed by atoms with van der Waals surface area (Å²) in [6.45, 7) is 1.84. The van der Waals surface area contributed by atoms with Gasteiger partial charge in [0.1, 0.15) is 5.82 Å². The van der Waals surface area contributed by atoms with Crippen molar-refractivity contribution in [3.05, 3.63) is 24.0 Å². The minimum Gasteiger partial charge on any atom is -0.322 e. The van der Waals surface area contributed by atoms with Crippen LogP contribution >= 0.6 is 11.8 Å². The van der Waals surface area contributed by atoms with E-state index in [0.29, 0.717) is 11.4 Å². The topological polar surface area (TPSA) is 29.1 Å². The van der Waals surface area contributed by atoms with Crippen molar-refractivity contribution >= 4 is 23.4 Å². The Morgan fingerprint density at radius 3 is 3.14 bits per heavy atom. The third-order valence-corrected chi connectivity index (χ3v) is 3.48. The van der Waals surface area contributed by atoms with Gasteiger partial charge in [0.15, 0.2) is 0 Å². The van der Waals surface area contributed by atoms with E-state index < -0.39 is 0 Å². The summed E-state index contributed by atoms with van der Waals surface area (Å²) in [6, 6.07) is 4.83. The fourth-order valence-electron chi connectivity index (χ4n) is 1.28. The molecule has 1 atom stereocenters. The molecule has 14 heavy (non-hydrogen) atoms. The van der Waals surface area contributed by atoms with Crippen LogP contribution in [0.1, 0.15) is 6.92 Å². The summed E-state index contributed by atoms with van der Waals surface area (Å²) in [5.74, 6) is 0.146. The number of amides is 1. The summed E-state index contributed by atoms with van der Waals surface area (Å²) in [5, 5.41) is 2.61. The SMILES string of the molecule is CC1CSc2cccc(F)c2NC1=O. The maximum absolute atomic E-state index is 13.3. The molecule has 0 saturated heterocycles. The van der Waals surface area contributed by atoms with E-state index in [2.05, 4.69) is 5.32 Å². The van der Waals surface area contributed by atoms with Crippen molar-refractivity contribution in [2.45, 2.75) is 11.8 Å². The monoisotopic (exact) mass is 211 g/mol. The van der Waals surface area contributed by atoms with E-state index in [1.54, 1.807) is 6.07 Å². The third-order valence-electron chi connectivity index (χ3n) is 2.16. The molecule has 2 rings (SSSR count). The van der Waals surface area contributed by atoms with Gasteiger partial charge in [-0.25, -0.2) is 4.39 Å². The van der Waals surface area contributed by atoms with E-state index in [9.17, 15) is 9.18 Å². The maximum Gasteiger partial charge on any atom is 0.228 e. The van der Waals surface area contributed by atoms with Gasteiger partial charge in [-0.3, -0.25) is 4.79 Å². The molecule has 0 bridgehead atoms. The van der Waals surface area contributed by atoms with Gasteiger partial charge >= 0.3 is 0 Å². The highest BCUT2D eigenvalue weighted by molar-refractivity contribution is 7.99. The Kier molecular flexibility index (Phi) is 2.46. The zero-order chi connectivity index (χ0) is 10.1. The van der Waals surface area contributed by atoms with Gasteiger partial charge in [0.05, 0.1) is 5.69 Å². The summed E-state index contributed by atoms with van der Waals surface area (Å²) in [7, 11) is 0. The zero-order valence-corrected chi connectivity index (χ0v) is 8.53. The first-order chi connectivity index (χ1) is 6.68. The van der Waals surface area contributed by atoms with E-state index in [1.165, 1.54) is 17.8 Å². The summed E-state index contributed by atoms with van der Waals surface area (Å²) in [5.41, 5.74) is 0.326. The molecule has 4 heteroatoms. The summed E-state index contributed by atoms with van der Waals surface area (Å²) < 4.78 is 13.3. The molecule has 2 nitrogen and oxygen atoms in total. The molecule has 1 aliphatic rings. The van der Waals surface area contributed by atoms with Crippen molar-refractivity contribution in [1.82, 2.24) is 0 Å². The van der Waals surface area contributed by atoms with Crippen molar-refractivity contribution in [2.75, 3.05) is 11.1 Å². The minimum absolute atomic E-state index is 0.0770. The van der Waals surface area contributed by atoms with E-state index in [0.717, 1.165) is 4.90 Å². The predicted molar refractivity (Wildman–Crippen MR) is 54.9 cm³/mol. The lowest BCUT2D eigenvalue weighted by Gasteiger charge is -2.06. The summed E-state index contributed by atoms with van der Waals surface area (Å²) >= 11 is 1.51. The number of halogens is 1. The van der Waals surface area contributed by atoms with Crippen molar-refractivity contribution in [3.8, 4) is 0 Å². The predicted octanol–water partition coefficient (Wildman–Crippen LogP) is 2.51. The lowest BCUT2D eigenvalue weighted by atomic mass is 10.2. The molecule has 1 amide bonds. The largest absolute Gasteiger partial charge is 0.322 e. The van der Waals surface area contributed by atoms with Gasteiger partial charge in [-0.1, -0.05) is 13.0 Å². The molecule has 0 saturated carbocycles. The molecule has 0 spiro atoms. The Morgan fingerprint density at radius 2 is 2.36 bits per heavy atom. The van der Waals surface area contributed by atoms with Crippen LogP contribution in [0.3, 0.4) is 0 Å². The van der Waals surface area contributed by atoms with Gasteiger partial charge in [0, 0.05) is 16.6 Å². The van der Waals surface area contributed by atoms with E-state index in [-0.39, 0.29) is 17.6 Å². The van der Waals surface area contributed by atoms with Crippen LogP contribution < -0.4 is 5.32 Å². The molecule has 1 aromatic carbocycles. The smallest absolute Gasteiger partial charge is 0.228 e. The zero-order valence-electron chi connectivity index (χ0n) is 7.71. The first-order valence-corrected chi connectivity index (χ1v) is 5.39. The quantitative estimate of drug-likeness (QED) is 0.714. The van der Waals surface area contributed by atoms with Crippen LogP contribution in [0, 0.1) is 11.7 Å². The third kappa shape index (κ3) is 1.62. The Labute approximate surface area is 85.9 Å². The van der Waals surface area contributed by atoms with Gasteiger partial charge in [-0.05, 0) is 12.1 Å².